The monoisotopic (exact) mass is 368 g/mol. The molecule has 1 aliphatic rings. The first-order valence-electron chi connectivity index (χ1n) is 8.43. The van der Waals surface area contributed by atoms with Crippen molar-refractivity contribution in [2.75, 3.05) is 11.9 Å². The van der Waals surface area contributed by atoms with Gasteiger partial charge in [-0.05, 0) is 31.0 Å². The molecule has 6 nitrogen and oxygen atoms in total. The van der Waals surface area contributed by atoms with Crippen molar-refractivity contribution in [2.45, 2.75) is 18.9 Å². The van der Waals surface area contributed by atoms with Gasteiger partial charge >= 0.3 is 6.03 Å². The Morgan fingerprint density at radius 1 is 1.19 bits per heavy atom. The van der Waals surface area contributed by atoms with Gasteiger partial charge in [0.25, 0.3) is 0 Å². The standard InChI is InChI=1S/C19H17ClN4O2/c20-14-8-4-9-15(12-14)21-19(25)24-11-5-10-16(24)18-22-17(23-26-18)13-6-2-1-3-7-13/h1-4,6-9,12,16H,5,10-11H2,(H,21,25)/t16-/m0/s1. The zero-order valence-electron chi connectivity index (χ0n) is 13.9. The number of carbonyl (C=O) groups is 1. The first-order chi connectivity index (χ1) is 12.7. The summed E-state index contributed by atoms with van der Waals surface area (Å²) in [6.45, 7) is 0.639. The molecule has 0 aliphatic carbocycles. The van der Waals surface area contributed by atoms with Crippen molar-refractivity contribution in [1.29, 1.82) is 0 Å². The molecule has 2 aromatic carbocycles. The van der Waals surface area contributed by atoms with E-state index in [2.05, 4.69) is 15.5 Å². The Kier molecular flexibility index (Phi) is 4.58. The quantitative estimate of drug-likeness (QED) is 0.723. The average molecular weight is 369 g/mol. The van der Waals surface area contributed by atoms with Crippen LogP contribution in [0.3, 0.4) is 0 Å². The zero-order chi connectivity index (χ0) is 17.9. The third-order valence-electron chi connectivity index (χ3n) is 4.35. The second-order valence-electron chi connectivity index (χ2n) is 6.11. The number of aromatic nitrogens is 2. The number of urea groups is 1. The van der Waals surface area contributed by atoms with Crippen LogP contribution in [0.2, 0.25) is 5.02 Å². The molecule has 0 unspecified atom stereocenters. The number of carbonyl (C=O) groups excluding carboxylic acids is 1. The van der Waals surface area contributed by atoms with Crippen LogP contribution in [0.25, 0.3) is 11.4 Å². The van der Waals surface area contributed by atoms with Crippen LogP contribution < -0.4 is 5.32 Å². The second kappa shape index (κ2) is 7.17. The molecule has 26 heavy (non-hydrogen) atoms. The number of hydrogen-bond donors (Lipinski definition) is 1. The summed E-state index contributed by atoms with van der Waals surface area (Å²) >= 11 is 5.98. The fraction of sp³-hybridized carbons (Fsp3) is 0.211. The van der Waals surface area contributed by atoms with Gasteiger partial charge in [0.15, 0.2) is 0 Å². The predicted molar refractivity (Wildman–Crippen MR) is 98.9 cm³/mol. The maximum absolute atomic E-state index is 12.7. The first kappa shape index (κ1) is 16.6. The Balaban J connectivity index is 1.51. The Hall–Kier alpha value is -2.86. The van der Waals surface area contributed by atoms with E-state index in [4.69, 9.17) is 16.1 Å². The molecule has 2 amide bonds. The lowest BCUT2D eigenvalue weighted by Crippen LogP contribution is -2.34. The number of hydrogen-bond acceptors (Lipinski definition) is 4. The minimum atomic E-state index is -0.223. The van der Waals surface area contributed by atoms with Gasteiger partial charge in [-0.15, -0.1) is 0 Å². The Bertz CT molecular complexity index is 913. The molecule has 1 aromatic heterocycles. The maximum atomic E-state index is 12.7. The molecule has 1 aliphatic heterocycles. The molecule has 0 saturated carbocycles. The molecule has 0 spiro atoms. The molecule has 1 atom stereocenters. The molecular weight excluding hydrogens is 352 g/mol. The summed E-state index contributed by atoms with van der Waals surface area (Å²) in [5.74, 6) is 0.991. The number of halogens is 1. The van der Waals surface area contributed by atoms with E-state index in [0.717, 1.165) is 18.4 Å². The highest BCUT2D eigenvalue weighted by molar-refractivity contribution is 6.30. The topological polar surface area (TPSA) is 71.3 Å². The lowest BCUT2D eigenvalue weighted by atomic mass is 10.2. The fourth-order valence-corrected chi connectivity index (χ4v) is 3.29. The van der Waals surface area contributed by atoms with Gasteiger partial charge in [0.05, 0.1) is 0 Å². The van der Waals surface area contributed by atoms with E-state index in [1.807, 2.05) is 30.3 Å². The summed E-state index contributed by atoms with van der Waals surface area (Å²) < 4.78 is 5.45. The fourth-order valence-electron chi connectivity index (χ4n) is 3.10. The van der Waals surface area contributed by atoms with Crippen molar-refractivity contribution in [3.05, 3.63) is 65.5 Å². The molecule has 0 bridgehead atoms. The van der Waals surface area contributed by atoms with Crippen LogP contribution in [0.4, 0.5) is 10.5 Å². The summed E-state index contributed by atoms with van der Waals surface area (Å²) in [5, 5.41) is 7.51. The molecule has 1 N–H and O–H groups in total. The van der Waals surface area contributed by atoms with Crippen LogP contribution in [0.15, 0.2) is 59.1 Å². The number of nitrogens with one attached hydrogen (secondary N) is 1. The van der Waals surface area contributed by atoms with E-state index in [9.17, 15) is 4.79 Å². The number of nitrogens with zero attached hydrogens (tertiary/aromatic N) is 3. The molecule has 1 fully saturated rings. The van der Waals surface area contributed by atoms with Crippen LogP contribution in [-0.4, -0.2) is 27.6 Å². The van der Waals surface area contributed by atoms with E-state index >= 15 is 0 Å². The number of likely N-dealkylation sites (tertiary alicyclic amines) is 1. The van der Waals surface area contributed by atoms with Crippen molar-refractivity contribution in [3.8, 4) is 11.4 Å². The highest BCUT2D eigenvalue weighted by atomic mass is 35.5. The first-order valence-corrected chi connectivity index (χ1v) is 8.81. The predicted octanol–water partition coefficient (Wildman–Crippen LogP) is 4.76. The molecule has 0 radical (unpaired) electrons. The van der Waals surface area contributed by atoms with Gasteiger partial charge in [-0.2, -0.15) is 4.98 Å². The van der Waals surface area contributed by atoms with Gasteiger partial charge in [-0.25, -0.2) is 4.79 Å². The number of rotatable bonds is 3. The largest absolute Gasteiger partial charge is 0.337 e. The molecular formula is C19H17ClN4O2. The lowest BCUT2D eigenvalue weighted by molar-refractivity contribution is 0.193. The normalized spacial score (nSPS) is 16.7. The number of amides is 2. The lowest BCUT2D eigenvalue weighted by Gasteiger charge is -2.22. The van der Waals surface area contributed by atoms with E-state index in [1.165, 1.54) is 0 Å². The third-order valence-corrected chi connectivity index (χ3v) is 4.58. The molecule has 3 aromatic rings. The molecule has 7 heteroatoms. The van der Waals surface area contributed by atoms with Gasteiger partial charge in [0.1, 0.15) is 6.04 Å². The minimum Gasteiger partial charge on any atom is -0.337 e. The Labute approximate surface area is 155 Å². The van der Waals surface area contributed by atoms with Gasteiger partial charge < -0.3 is 14.7 Å². The highest BCUT2D eigenvalue weighted by Gasteiger charge is 2.34. The third kappa shape index (κ3) is 3.41. The zero-order valence-corrected chi connectivity index (χ0v) is 14.7. The van der Waals surface area contributed by atoms with Crippen molar-refractivity contribution < 1.29 is 9.32 Å². The number of anilines is 1. The van der Waals surface area contributed by atoms with Crippen molar-refractivity contribution in [3.63, 3.8) is 0 Å². The van der Waals surface area contributed by atoms with Gasteiger partial charge in [-0.1, -0.05) is 53.2 Å². The smallest absolute Gasteiger partial charge is 0.322 e. The van der Waals surface area contributed by atoms with Gasteiger partial charge in [0, 0.05) is 22.8 Å². The van der Waals surface area contributed by atoms with E-state index in [1.54, 1.807) is 29.2 Å². The average Bonchev–Trinajstić information content (AvgIpc) is 3.32. The number of benzene rings is 2. The summed E-state index contributed by atoms with van der Waals surface area (Å²) in [6, 6.07) is 16.3. The summed E-state index contributed by atoms with van der Waals surface area (Å²) in [4.78, 5) is 18.9. The Morgan fingerprint density at radius 2 is 2.04 bits per heavy atom. The second-order valence-corrected chi connectivity index (χ2v) is 6.55. The SMILES string of the molecule is O=C(Nc1cccc(Cl)c1)N1CCC[C@H]1c1nc(-c2ccccc2)no1. The van der Waals surface area contributed by atoms with Gasteiger partial charge in [0.2, 0.25) is 11.7 Å². The van der Waals surface area contributed by atoms with Crippen LogP contribution in [-0.2, 0) is 0 Å². The van der Waals surface area contributed by atoms with Gasteiger partial charge in [-0.3, -0.25) is 0 Å². The Morgan fingerprint density at radius 3 is 2.85 bits per heavy atom. The summed E-state index contributed by atoms with van der Waals surface area (Å²) in [5.41, 5.74) is 1.54. The van der Waals surface area contributed by atoms with Crippen LogP contribution >= 0.6 is 11.6 Å². The van der Waals surface area contributed by atoms with E-state index < -0.39 is 0 Å². The molecule has 2 heterocycles. The van der Waals surface area contributed by atoms with Crippen LogP contribution in [0, 0.1) is 0 Å². The molecule has 1 saturated heterocycles. The van der Waals surface area contributed by atoms with Crippen LogP contribution in [0.5, 0.6) is 0 Å². The van der Waals surface area contributed by atoms with E-state index in [0.29, 0.717) is 29.0 Å². The minimum absolute atomic E-state index is 0.200. The van der Waals surface area contributed by atoms with Crippen molar-refractivity contribution in [1.82, 2.24) is 15.0 Å². The maximum Gasteiger partial charge on any atom is 0.322 e. The summed E-state index contributed by atoms with van der Waals surface area (Å²) in [7, 11) is 0. The summed E-state index contributed by atoms with van der Waals surface area (Å²) in [6.07, 6.45) is 1.68. The molecule has 132 valence electrons. The van der Waals surface area contributed by atoms with Crippen LogP contribution in [0.1, 0.15) is 24.8 Å². The highest BCUT2D eigenvalue weighted by Crippen LogP contribution is 2.32. The molecule has 4 rings (SSSR count). The van der Waals surface area contributed by atoms with Crippen molar-refractivity contribution in [2.24, 2.45) is 0 Å². The van der Waals surface area contributed by atoms with Crippen molar-refractivity contribution >= 4 is 23.3 Å². The van der Waals surface area contributed by atoms with E-state index in [-0.39, 0.29) is 12.1 Å².